The Morgan fingerprint density at radius 1 is 1.33 bits per heavy atom. The van der Waals surface area contributed by atoms with Crippen molar-refractivity contribution in [2.24, 2.45) is 5.73 Å². The molecule has 0 rings (SSSR count). The van der Waals surface area contributed by atoms with Crippen LogP contribution in [0.4, 0.5) is 0 Å². The van der Waals surface area contributed by atoms with Crippen LogP contribution in [-0.4, -0.2) is 11.7 Å². The molecule has 18 heavy (non-hydrogen) atoms. The Kier molecular flexibility index (Phi) is 8.25. The zero-order valence-corrected chi connectivity index (χ0v) is 12.3. The topological polar surface area (TPSA) is 46.2 Å². The summed E-state index contributed by atoms with van der Waals surface area (Å²) < 4.78 is 0. The summed E-state index contributed by atoms with van der Waals surface area (Å²) in [6, 6.07) is 0. The molecule has 0 unspecified atom stereocenters. The van der Waals surface area contributed by atoms with Gasteiger partial charge in [-0.2, -0.15) is 0 Å². The summed E-state index contributed by atoms with van der Waals surface area (Å²) in [4.78, 5) is 1.05. The molecule has 2 nitrogen and oxygen atoms in total. The van der Waals surface area contributed by atoms with E-state index in [2.05, 4.69) is 26.2 Å². The average molecular weight is 265 g/mol. The number of aliphatic hydroxyl groups is 1. The van der Waals surface area contributed by atoms with E-state index in [1.54, 1.807) is 17.8 Å². The molecule has 0 saturated heterocycles. The first-order valence-electron chi connectivity index (χ1n) is 5.91. The maximum atomic E-state index is 9.76. The predicted octanol–water partition coefficient (Wildman–Crippen LogP) is 4.45. The van der Waals surface area contributed by atoms with Gasteiger partial charge in [0.1, 0.15) is 5.76 Å². The van der Waals surface area contributed by atoms with Gasteiger partial charge in [-0.05, 0) is 37.3 Å². The van der Waals surface area contributed by atoms with Crippen LogP contribution in [0.1, 0.15) is 27.2 Å². The van der Waals surface area contributed by atoms with Crippen LogP contribution < -0.4 is 5.73 Å². The van der Waals surface area contributed by atoms with Crippen molar-refractivity contribution in [1.29, 1.82) is 0 Å². The molecular weight excluding hydrogens is 242 g/mol. The average Bonchev–Trinajstić information content (AvgIpc) is 2.32. The van der Waals surface area contributed by atoms with Crippen molar-refractivity contribution in [2.45, 2.75) is 27.2 Å². The minimum absolute atomic E-state index is 0.0984. The summed E-state index contributed by atoms with van der Waals surface area (Å²) in [5.74, 6) is 0.0984. The van der Waals surface area contributed by atoms with Crippen LogP contribution in [-0.2, 0) is 0 Å². The van der Waals surface area contributed by atoms with Crippen molar-refractivity contribution in [3.05, 3.63) is 58.1 Å². The zero-order chi connectivity index (χ0) is 14.1. The lowest BCUT2D eigenvalue weighted by Crippen LogP contribution is -2.04. The summed E-state index contributed by atoms with van der Waals surface area (Å²) in [5.41, 5.74) is 7.87. The molecule has 0 aliphatic carbocycles. The normalized spacial score (nSPS) is 11.7. The van der Waals surface area contributed by atoms with Crippen molar-refractivity contribution in [2.75, 3.05) is 6.54 Å². The third kappa shape index (κ3) is 5.94. The Hall–Kier alpha value is -1.19. The van der Waals surface area contributed by atoms with Gasteiger partial charge in [-0.1, -0.05) is 43.5 Å². The molecule has 0 saturated carbocycles. The Morgan fingerprint density at radius 3 is 2.39 bits per heavy atom. The monoisotopic (exact) mass is 265 g/mol. The minimum Gasteiger partial charge on any atom is -0.508 e. The third-order valence-electron chi connectivity index (χ3n) is 2.18. The summed E-state index contributed by atoms with van der Waals surface area (Å²) in [6.07, 6.45) is 4.70. The number of nitrogens with two attached hydrogens (primary N) is 1. The van der Waals surface area contributed by atoms with E-state index in [0.717, 1.165) is 22.5 Å². The van der Waals surface area contributed by atoms with Crippen molar-refractivity contribution in [1.82, 2.24) is 0 Å². The molecule has 0 amide bonds. The second-order valence-corrected chi connectivity index (χ2v) is 5.01. The Bertz CT molecular complexity index is 399. The lowest BCUT2D eigenvalue weighted by Gasteiger charge is -2.08. The highest BCUT2D eigenvalue weighted by Crippen LogP contribution is 2.29. The highest BCUT2D eigenvalue weighted by molar-refractivity contribution is 8.06. The first kappa shape index (κ1) is 16.8. The molecular formula is C15H23NOS. The quantitative estimate of drug-likeness (QED) is 0.528. The van der Waals surface area contributed by atoms with Crippen LogP contribution in [0.5, 0.6) is 0 Å². The molecule has 0 atom stereocenters. The van der Waals surface area contributed by atoms with Crippen molar-refractivity contribution in [3.63, 3.8) is 0 Å². The summed E-state index contributed by atoms with van der Waals surface area (Å²) >= 11 is 1.61. The zero-order valence-electron chi connectivity index (χ0n) is 11.5. The fourth-order valence-electron chi connectivity index (χ4n) is 1.16. The molecule has 0 bridgehead atoms. The second kappa shape index (κ2) is 8.84. The van der Waals surface area contributed by atoms with Gasteiger partial charge in [-0.25, -0.2) is 0 Å². The lowest BCUT2D eigenvalue weighted by molar-refractivity contribution is 0.422. The van der Waals surface area contributed by atoms with E-state index < -0.39 is 0 Å². The fourth-order valence-corrected chi connectivity index (χ4v) is 2.04. The Morgan fingerprint density at radius 2 is 1.94 bits per heavy atom. The van der Waals surface area contributed by atoms with E-state index in [1.807, 2.05) is 19.3 Å². The standard InChI is InChI=1S/C15H23NOS/c1-6-7-8-18-15(11(2)3)12(4)9-14(17)13(5)10-16/h7-9,17H,4-6,10,16H2,1-3H3/b8-7+,14-9+. The fraction of sp³-hybridized carbons (Fsp3) is 0.333. The van der Waals surface area contributed by atoms with E-state index in [0.29, 0.717) is 5.57 Å². The van der Waals surface area contributed by atoms with Gasteiger partial charge in [0.25, 0.3) is 0 Å². The summed E-state index contributed by atoms with van der Waals surface area (Å²) in [7, 11) is 0. The molecule has 0 aromatic heterocycles. The van der Waals surface area contributed by atoms with E-state index in [4.69, 9.17) is 5.73 Å². The SMILES string of the molecule is C=C(/C=C(/O)C(=C)CN)C(S/C=C/CC)=C(C)C. The first-order chi connectivity index (χ1) is 8.43. The first-order valence-corrected chi connectivity index (χ1v) is 6.79. The number of hydrogen-bond donors (Lipinski definition) is 2. The number of thioether (sulfide) groups is 1. The highest BCUT2D eigenvalue weighted by Gasteiger charge is 2.05. The van der Waals surface area contributed by atoms with Crippen LogP contribution in [0.3, 0.4) is 0 Å². The smallest absolute Gasteiger partial charge is 0.120 e. The predicted molar refractivity (Wildman–Crippen MR) is 83.4 cm³/mol. The molecule has 100 valence electrons. The molecule has 0 aromatic rings. The van der Waals surface area contributed by atoms with Crippen molar-refractivity contribution < 1.29 is 5.11 Å². The van der Waals surface area contributed by atoms with Crippen LogP contribution >= 0.6 is 11.8 Å². The van der Waals surface area contributed by atoms with Gasteiger partial charge in [0.15, 0.2) is 0 Å². The largest absolute Gasteiger partial charge is 0.508 e. The maximum absolute atomic E-state index is 9.76. The van der Waals surface area contributed by atoms with Gasteiger partial charge >= 0.3 is 0 Å². The van der Waals surface area contributed by atoms with Crippen molar-refractivity contribution >= 4 is 11.8 Å². The van der Waals surface area contributed by atoms with Gasteiger partial charge in [-0.3, -0.25) is 0 Å². The number of allylic oxidation sites excluding steroid dienone is 4. The van der Waals surface area contributed by atoms with Crippen LogP contribution in [0.2, 0.25) is 0 Å². The van der Waals surface area contributed by atoms with Gasteiger partial charge in [0, 0.05) is 17.0 Å². The van der Waals surface area contributed by atoms with E-state index >= 15 is 0 Å². The molecule has 0 aromatic carbocycles. The summed E-state index contributed by atoms with van der Waals surface area (Å²) in [6.45, 7) is 14.0. The van der Waals surface area contributed by atoms with Crippen LogP contribution in [0, 0.1) is 0 Å². The lowest BCUT2D eigenvalue weighted by atomic mass is 10.1. The molecule has 3 N–H and O–H groups in total. The molecule has 0 aliphatic rings. The van der Waals surface area contributed by atoms with Crippen LogP contribution in [0.15, 0.2) is 58.1 Å². The number of aliphatic hydroxyl groups excluding tert-OH is 1. The number of rotatable bonds is 7. The van der Waals surface area contributed by atoms with E-state index in [1.165, 1.54) is 0 Å². The third-order valence-corrected chi connectivity index (χ3v) is 3.42. The van der Waals surface area contributed by atoms with E-state index in [9.17, 15) is 5.11 Å². The number of hydrogen-bond acceptors (Lipinski definition) is 3. The summed E-state index contributed by atoms with van der Waals surface area (Å²) in [5, 5.41) is 11.8. The van der Waals surface area contributed by atoms with Gasteiger partial charge in [0.05, 0.1) is 0 Å². The molecule has 0 fully saturated rings. The van der Waals surface area contributed by atoms with Gasteiger partial charge < -0.3 is 10.8 Å². The Labute approximate surface area is 115 Å². The molecule has 0 radical (unpaired) electrons. The van der Waals surface area contributed by atoms with Crippen molar-refractivity contribution in [3.8, 4) is 0 Å². The van der Waals surface area contributed by atoms with E-state index in [-0.39, 0.29) is 12.3 Å². The molecule has 0 spiro atoms. The van der Waals surface area contributed by atoms with Gasteiger partial charge in [-0.15, -0.1) is 0 Å². The Balaban J connectivity index is 4.97. The molecule has 0 heterocycles. The molecule has 0 aliphatic heterocycles. The maximum Gasteiger partial charge on any atom is 0.120 e. The molecule has 3 heteroatoms. The van der Waals surface area contributed by atoms with Crippen LogP contribution in [0.25, 0.3) is 0 Å². The highest BCUT2D eigenvalue weighted by atomic mass is 32.2. The second-order valence-electron chi connectivity index (χ2n) is 4.09. The minimum atomic E-state index is 0.0984. The van der Waals surface area contributed by atoms with Gasteiger partial charge in [0.2, 0.25) is 0 Å².